The van der Waals surface area contributed by atoms with Gasteiger partial charge in [0.2, 0.25) is 0 Å². The van der Waals surface area contributed by atoms with Crippen molar-refractivity contribution < 1.29 is 14.3 Å². The lowest BCUT2D eigenvalue weighted by molar-refractivity contribution is 0.0462. The smallest absolute Gasteiger partial charge is 0.407 e. The minimum Gasteiger partial charge on any atom is -0.444 e. The van der Waals surface area contributed by atoms with Gasteiger partial charge >= 0.3 is 6.09 Å². The highest BCUT2D eigenvalue weighted by Gasteiger charge is 2.32. The number of amides is 1. The molecule has 2 fully saturated rings. The Morgan fingerprint density at radius 2 is 1.85 bits per heavy atom. The first-order chi connectivity index (χ1) is 9.42. The highest BCUT2D eigenvalue weighted by molar-refractivity contribution is 5.68. The van der Waals surface area contributed by atoms with Gasteiger partial charge in [0, 0.05) is 31.3 Å². The van der Waals surface area contributed by atoms with Crippen molar-refractivity contribution in [3.05, 3.63) is 0 Å². The summed E-state index contributed by atoms with van der Waals surface area (Å²) in [5, 5.41) is 6.60. The maximum atomic E-state index is 11.6. The van der Waals surface area contributed by atoms with Crippen LogP contribution < -0.4 is 10.6 Å². The molecule has 1 atom stereocenters. The Morgan fingerprint density at radius 3 is 2.55 bits per heavy atom. The number of carbonyl (C=O) groups excluding carboxylic acids is 1. The van der Waals surface area contributed by atoms with E-state index in [4.69, 9.17) is 9.47 Å². The highest BCUT2D eigenvalue weighted by atomic mass is 16.6. The zero-order chi connectivity index (χ0) is 14.6. The van der Waals surface area contributed by atoms with E-state index in [9.17, 15) is 4.79 Å². The van der Waals surface area contributed by atoms with Gasteiger partial charge in [-0.15, -0.1) is 0 Å². The average Bonchev–Trinajstić information content (AvgIpc) is 2.52. The maximum absolute atomic E-state index is 11.6. The van der Waals surface area contributed by atoms with Crippen LogP contribution in [0.2, 0.25) is 0 Å². The highest BCUT2D eigenvalue weighted by Crippen LogP contribution is 2.22. The minimum atomic E-state index is -0.425. The first-order valence-electron chi connectivity index (χ1n) is 7.76. The number of rotatable bonds is 3. The van der Waals surface area contributed by atoms with Gasteiger partial charge in [0.1, 0.15) is 5.60 Å². The van der Waals surface area contributed by atoms with Crippen molar-refractivity contribution in [2.75, 3.05) is 13.2 Å². The Balaban J connectivity index is 1.61. The van der Waals surface area contributed by atoms with Gasteiger partial charge in [0.15, 0.2) is 0 Å². The van der Waals surface area contributed by atoms with Gasteiger partial charge in [-0.2, -0.15) is 0 Å². The second-order valence-corrected chi connectivity index (χ2v) is 6.92. The Hall–Kier alpha value is -0.810. The van der Waals surface area contributed by atoms with Crippen LogP contribution in [0.1, 0.15) is 52.9 Å². The lowest BCUT2D eigenvalue weighted by Gasteiger charge is -2.38. The average molecular weight is 284 g/mol. The third-order valence-electron chi connectivity index (χ3n) is 3.78. The Morgan fingerprint density at radius 1 is 1.10 bits per heavy atom. The van der Waals surface area contributed by atoms with Crippen LogP contribution in [-0.4, -0.2) is 43.0 Å². The van der Waals surface area contributed by atoms with Gasteiger partial charge in [0.05, 0.1) is 0 Å². The Bertz CT molecular complexity index is 314. The maximum Gasteiger partial charge on any atom is 0.407 e. The molecule has 1 amide bonds. The molecule has 0 aromatic carbocycles. The van der Waals surface area contributed by atoms with Crippen molar-refractivity contribution in [3.8, 4) is 0 Å². The van der Waals surface area contributed by atoms with Crippen molar-refractivity contribution in [3.63, 3.8) is 0 Å². The summed E-state index contributed by atoms with van der Waals surface area (Å²) in [4.78, 5) is 11.6. The summed E-state index contributed by atoms with van der Waals surface area (Å²) >= 11 is 0. The molecule has 116 valence electrons. The molecule has 1 unspecified atom stereocenters. The number of hydrogen-bond acceptors (Lipinski definition) is 4. The van der Waals surface area contributed by atoms with Crippen molar-refractivity contribution in [1.82, 2.24) is 10.6 Å². The predicted octanol–water partition coefficient (Wildman–Crippen LogP) is 2.20. The van der Waals surface area contributed by atoms with Crippen LogP contribution in [0.4, 0.5) is 4.79 Å². The van der Waals surface area contributed by atoms with E-state index in [1.54, 1.807) is 0 Å². The fourth-order valence-corrected chi connectivity index (χ4v) is 2.75. The summed E-state index contributed by atoms with van der Waals surface area (Å²) in [5.41, 5.74) is -0.425. The molecular formula is C15H28N2O3. The minimum absolute atomic E-state index is 0.254. The third kappa shape index (κ3) is 5.29. The number of hydrogen-bond donors (Lipinski definition) is 2. The molecule has 0 bridgehead atoms. The Kier molecular flexibility index (Phi) is 5.27. The lowest BCUT2D eigenvalue weighted by atomic mass is 9.86. The van der Waals surface area contributed by atoms with E-state index in [1.165, 1.54) is 6.42 Å². The van der Waals surface area contributed by atoms with Crippen LogP contribution in [-0.2, 0) is 9.47 Å². The van der Waals surface area contributed by atoms with Gasteiger partial charge in [-0.25, -0.2) is 4.79 Å². The summed E-state index contributed by atoms with van der Waals surface area (Å²) in [5.74, 6) is 0. The van der Waals surface area contributed by atoms with Crippen LogP contribution in [0.3, 0.4) is 0 Å². The van der Waals surface area contributed by atoms with Crippen LogP contribution in [0.25, 0.3) is 0 Å². The molecule has 0 radical (unpaired) electrons. The molecule has 0 aromatic heterocycles. The normalized spacial score (nSPS) is 31.1. The van der Waals surface area contributed by atoms with Gasteiger partial charge in [-0.1, -0.05) is 0 Å². The molecular weight excluding hydrogens is 256 g/mol. The second-order valence-electron chi connectivity index (χ2n) is 6.92. The number of alkyl carbamates (subject to hydrolysis) is 1. The van der Waals surface area contributed by atoms with E-state index in [2.05, 4.69) is 10.6 Å². The first kappa shape index (κ1) is 15.6. The molecule has 2 N–H and O–H groups in total. The fraction of sp³-hybridized carbons (Fsp3) is 0.933. The van der Waals surface area contributed by atoms with E-state index < -0.39 is 5.60 Å². The van der Waals surface area contributed by atoms with Crippen molar-refractivity contribution in [1.29, 1.82) is 0 Å². The molecule has 1 aliphatic heterocycles. The standard InChI is InChI=1S/C15H28N2O3/c1-15(2,3)20-14(18)17-13-9-12(10-13)16-11-5-4-7-19-8-6-11/h11-13,16H,4-10H2,1-3H3,(H,17,18). The summed E-state index contributed by atoms with van der Waals surface area (Å²) in [6, 6.07) is 1.35. The van der Waals surface area contributed by atoms with Crippen LogP contribution in [0.5, 0.6) is 0 Å². The molecule has 2 rings (SSSR count). The largest absolute Gasteiger partial charge is 0.444 e. The fourth-order valence-electron chi connectivity index (χ4n) is 2.75. The lowest BCUT2D eigenvalue weighted by Crippen LogP contribution is -2.55. The zero-order valence-corrected chi connectivity index (χ0v) is 12.9. The molecule has 1 aliphatic carbocycles. The molecule has 1 saturated carbocycles. The van der Waals surface area contributed by atoms with Crippen molar-refractivity contribution in [2.45, 2.75) is 76.6 Å². The molecule has 1 saturated heterocycles. The molecule has 20 heavy (non-hydrogen) atoms. The SMILES string of the molecule is CC(C)(C)OC(=O)NC1CC(NC2CCCOCC2)C1. The topological polar surface area (TPSA) is 59.6 Å². The molecule has 5 heteroatoms. The second kappa shape index (κ2) is 6.76. The third-order valence-corrected chi connectivity index (χ3v) is 3.78. The van der Waals surface area contributed by atoms with Crippen molar-refractivity contribution in [2.24, 2.45) is 0 Å². The van der Waals surface area contributed by atoms with Crippen LogP contribution in [0.15, 0.2) is 0 Å². The van der Waals surface area contributed by atoms with Gasteiger partial charge in [-0.05, 0) is 52.9 Å². The van der Waals surface area contributed by atoms with Crippen molar-refractivity contribution >= 4 is 6.09 Å². The molecule has 0 spiro atoms. The monoisotopic (exact) mass is 284 g/mol. The number of ether oxygens (including phenoxy) is 2. The van der Waals surface area contributed by atoms with Gasteiger partial charge < -0.3 is 20.1 Å². The molecule has 0 aromatic rings. The molecule has 1 heterocycles. The van der Waals surface area contributed by atoms with E-state index in [0.717, 1.165) is 38.9 Å². The summed E-state index contributed by atoms with van der Waals surface area (Å²) in [6.45, 7) is 7.40. The van der Waals surface area contributed by atoms with Crippen LogP contribution in [0, 0.1) is 0 Å². The van der Waals surface area contributed by atoms with Gasteiger partial charge in [-0.3, -0.25) is 0 Å². The van der Waals surface area contributed by atoms with E-state index in [1.807, 2.05) is 20.8 Å². The van der Waals surface area contributed by atoms with E-state index >= 15 is 0 Å². The predicted molar refractivity (Wildman–Crippen MR) is 77.8 cm³/mol. The first-order valence-corrected chi connectivity index (χ1v) is 7.76. The summed E-state index contributed by atoms with van der Waals surface area (Å²) in [6.07, 6.45) is 5.13. The van der Waals surface area contributed by atoms with Crippen LogP contribution >= 0.6 is 0 Å². The summed E-state index contributed by atoms with van der Waals surface area (Å²) < 4.78 is 10.7. The number of nitrogens with one attached hydrogen (secondary N) is 2. The zero-order valence-electron chi connectivity index (χ0n) is 12.9. The van der Waals surface area contributed by atoms with Gasteiger partial charge in [0.25, 0.3) is 0 Å². The molecule has 2 aliphatic rings. The summed E-state index contributed by atoms with van der Waals surface area (Å²) in [7, 11) is 0. The van der Waals surface area contributed by atoms with E-state index in [0.29, 0.717) is 12.1 Å². The Labute approximate surface area is 121 Å². The molecule has 5 nitrogen and oxygen atoms in total. The quantitative estimate of drug-likeness (QED) is 0.834. The number of carbonyl (C=O) groups is 1. The van der Waals surface area contributed by atoms with E-state index in [-0.39, 0.29) is 12.1 Å².